The van der Waals surface area contributed by atoms with Crippen molar-refractivity contribution < 1.29 is 33.1 Å². The first-order chi connectivity index (χ1) is 22.1. The fraction of sp³-hybridized carbons (Fsp3) is 0.400. The number of ether oxygens (including phenoxy) is 1. The van der Waals surface area contributed by atoms with Gasteiger partial charge in [-0.25, -0.2) is 8.78 Å². The normalized spacial score (nSPS) is 12.7. The van der Waals surface area contributed by atoms with Crippen molar-refractivity contribution in [3.63, 3.8) is 0 Å². The van der Waals surface area contributed by atoms with Crippen LogP contribution in [0, 0.1) is 11.6 Å². The molecule has 3 N–H and O–H groups in total. The SMILES string of the molecule is CCCN(CCC)C(=O)c1cc(C(=O)N[C@@H](Cc2cc(F)cc(F)c2)[C@H](O)CNCc2cccc(OC)c2)cc(/C(C)=N/OC)c1. The van der Waals surface area contributed by atoms with Gasteiger partial charge in [0.25, 0.3) is 11.8 Å². The lowest BCUT2D eigenvalue weighted by Gasteiger charge is -2.26. The maximum absolute atomic E-state index is 14.1. The number of oxime groups is 1. The number of benzene rings is 3. The van der Waals surface area contributed by atoms with Crippen molar-refractivity contribution >= 4 is 17.5 Å². The van der Waals surface area contributed by atoms with E-state index in [0.29, 0.717) is 42.2 Å². The lowest BCUT2D eigenvalue weighted by atomic mass is 9.98. The summed E-state index contributed by atoms with van der Waals surface area (Å²) in [5.41, 5.74) is 2.61. The van der Waals surface area contributed by atoms with Gasteiger partial charge < -0.3 is 30.2 Å². The molecule has 0 bridgehead atoms. The highest BCUT2D eigenvalue weighted by molar-refractivity contribution is 6.06. The number of amides is 2. The van der Waals surface area contributed by atoms with Gasteiger partial charge in [0.2, 0.25) is 0 Å². The summed E-state index contributed by atoms with van der Waals surface area (Å²) in [5, 5.41) is 21.2. The van der Waals surface area contributed by atoms with Gasteiger partial charge in [-0.2, -0.15) is 0 Å². The van der Waals surface area contributed by atoms with E-state index in [9.17, 15) is 23.5 Å². The van der Waals surface area contributed by atoms with E-state index in [4.69, 9.17) is 9.57 Å². The van der Waals surface area contributed by atoms with E-state index < -0.39 is 29.7 Å². The van der Waals surface area contributed by atoms with Crippen molar-refractivity contribution in [2.75, 3.05) is 33.9 Å². The van der Waals surface area contributed by atoms with Gasteiger partial charge in [-0.1, -0.05) is 31.1 Å². The fourth-order valence-corrected chi connectivity index (χ4v) is 5.12. The number of carbonyl (C=O) groups is 2. The predicted octanol–water partition coefficient (Wildman–Crippen LogP) is 5.10. The van der Waals surface area contributed by atoms with Crippen LogP contribution in [0.25, 0.3) is 0 Å². The van der Waals surface area contributed by atoms with E-state index in [0.717, 1.165) is 36.6 Å². The number of aliphatic hydroxyl groups excluding tert-OH is 1. The number of hydrogen-bond donors (Lipinski definition) is 3. The zero-order chi connectivity index (χ0) is 33.6. The van der Waals surface area contributed by atoms with Gasteiger partial charge in [-0.15, -0.1) is 0 Å². The largest absolute Gasteiger partial charge is 0.497 e. The maximum Gasteiger partial charge on any atom is 0.253 e. The number of hydrogen-bond acceptors (Lipinski definition) is 7. The van der Waals surface area contributed by atoms with E-state index in [-0.39, 0.29) is 30.0 Å². The Labute approximate surface area is 269 Å². The number of methoxy groups -OCH3 is 1. The number of nitrogens with one attached hydrogen (secondary N) is 2. The minimum atomic E-state index is -1.15. The van der Waals surface area contributed by atoms with Crippen molar-refractivity contribution in [1.82, 2.24) is 15.5 Å². The Balaban J connectivity index is 1.92. The quantitative estimate of drug-likeness (QED) is 0.140. The molecule has 0 radical (unpaired) electrons. The summed E-state index contributed by atoms with van der Waals surface area (Å²) in [6.07, 6.45) is 0.342. The van der Waals surface area contributed by atoms with E-state index in [2.05, 4.69) is 15.8 Å². The van der Waals surface area contributed by atoms with Crippen LogP contribution in [0.4, 0.5) is 8.78 Å². The summed E-state index contributed by atoms with van der Waals surface area (Å²) in [4.78, 5) is 34.0. The van der Waals surface area contributed by atoms with E-state index in [1.54, 1.807) is 31.1 Å². The molecule has 0 spiro atoms. The van der Waals surface area contributed by atoms with Gasteiger partial charge in [0.1, 0.15) is 24.5 Å². The maximum atomic E-state index is 14.1. The minimum absolute atomic E-state index is 0.0567. The summed E-state index contributed by atoms with van der Waals surface area (Å²) in [5.74, 6) is -1.64. The number of carbonyl (C=O) groups excluding carboxylic acids is 2. The van der Waals surface area contributed by atoms with Crippen LogP contribution in [0.3, 0.4) is 0 Å². The number of nitrogens with zero attached hydrogens (tertiary/aromatic N) is 2. The highest BCUT2D eigenvalue weighted by atomic mass is 19.1. The molecule has 0 unspecified atom stereocenters. The molecule has 3 aromatic rings. The highest BCUT2D eigenvalue weighted by Gasteiger charge is 2.25. The van der Waals surface area contributed by atoms with Crippen LogP contribution in [-0.2, 0) is 17.8 Å². The van der Waals surface area contributed by atoms with Crippen molar-refractivity contribution in [3.05, 3.63) is 100 Å². The Morgan fingerprint density at radius 1 is 0.913 bits per heavy atom. The first-order valence-electron chi connectivity index (χ1n) is 15.4. The average molecular weight is 639 g/mol. The van der Waals surface area contributed by atoms with Crippen LogP contribution in [-0.4, -0.2) is 73.5 Å². The number of halogens is 2. The molecule has 0 aliphatic carbocycles. The first kappa shape index (κ1) is 36.1. The molecular formula is C35H44F2N4O5. The van der Waals surface area contributed by atoms with Crippen LogP contribution in [0.15, 0.2) is 65.8 Å². The van der Waals surface area contributed by atoms with Crippen molar-refractivity contribution in [2.24, 2.45) is 5.16 Å². The molecule has 11 heteroatoms. The third kappa shape index (κ3) is 10.6. The smallest absolute Gasteiger partial charge is 0.253 e. The molecule has 3 aromatic carbocycles. The molecule has 0 aliphatic rings. The van der Waals surface area contributed by atoms with Crippen molar-refractivity contribution in [2.45, 2.75) is 58.7 Å². The second-order valence-electron chi connectivity index (χ2n) is 11.1. The Morgan fingerprint density at radius 3 is 2.20 bits per heavy atom. The van der Waals surface area contributed by atoms with E-state index in [1.807, 2.05) is 38.1 Å². The number of aliphatic hydroxyl groups is 1. The predicted molar refractivity (Wildman–Crippen MR) is 174 cm³/mol. The van der Waals surface area contributed by atoms with Crippen LogP contribution in [0.1, 0.15) is 71.0 Å². The Morgan fingerprint density at radius 2 is 1.57 bits per heavy atom. The molecule has 0 saturated carbocycles. The van der Waals surface area contributed by atoms with E-state index >= 15 is 0 Å². The molecule has 0 heterocycles. The van der Waals surface area contributed by atoms with Crippen LogP contribution in [0.5, 0.6) is 5.75 Å². The third-order valence-corrected chi connectivity index (χ3v) is 7.34. The van der Waals surface area contributed by atoms with Gasteiger partial charge in [0.05, 0.1) is 25.0 Å². The Bertz CT molecular complexity index is 1470. The molecule has 0 aliphatic heterocycles. The summed E-state index contributed by atoms with van der Waals surface area (Å²) in [6.45, 7) is 7.26. The lowest BCUT2D eigenvalue weighted by molar-refractivity contribution is 0.0755. The standard InChI is InChI=1S/C35H44F2N4O5/c1-6-11-41(12-7-2)35(44)28-18-26(23(3)40-46-5)17-27(19-28)34(43)39-32(16-25-13-29(36)20-30(37)14-25)33(42)22-38-21-24-9-8-10-31(15-24)45-4/h8-10,13-15,17-20,32-33,38,42H,6-7,11-12,16,21-22H2,1-5H3,(H,39,43)/b40-23+/t32-,33+/m0/s1. The van der Waals surface area contributed by atoms with Gasteiger partial charge in [0.15, 0.2) is 0 Å². The lowest BCUT2D eigenvalue weighted by Crippen LogP contribution is -2.48. The number of rotatable bonds is 17. The van der Waals surface area contributed by atoms with Crippen LogP contribution >= 0.6 is 0 Å². The topological polar surface area (TPSA) is 112 Å². The monoisotopic (exact) mass is 638 g/mol. The molecule has 248 valence electrons. The zero-order valence-electron chi connectivity index (χ0n) is 27.1. The van der Waals surface area contributed by atoms with Crippen molar-refractivity contribution in [3.8, 4) is 5.75 Å². The van der Waals surface area contributed by atoms with Crippen LogP contribution < -0.4 is 15.4 Å². The van der Waals surface area contributed by atoms with Gasteiger partial charge in [-0.05, 0) is 79.8 Å². The molecule has 3 rings (SSSR count). The minimum Gasteiger partial charge on any atom is -0.497 e. The highest BCUT2D eigenvalue weighted by Crippen LogP contribution is 2.18. The zero-order valence-corrected chi connectivity index (χ0v) is 27.1. The molecule has 0 saturated heterocycles. The third-order valence-electron chi connectivity index (χ3n) is 7.34. The molecule has 0 fully saturated rings. The second kappa shape index (κ2) is 18.0. The summed E-state index contributed by atoms with van der Waals surface area (Å²) in [6, 6.07) is 14.3. The molecule has 2 atom stereocenters. The first-order valence-corrected chi connectivity index (χ1v) is 15.4. The van der Waals surface area contributed by atoms with Gasteiger partial charge >= 0.3 is 0 Å². The fourth-order valence-electron chi connectivity index (χ4n) is 5.12. The summed E-state index contributed by atoms with van der Waals surface area (Å²) < 4.78 is 33.4. The molecule has 0 aromatic heterocycles. The van der Waals surface area contributed by atoms with Gasteiger partial charge in [-0.3, -0.25) is 9.59 Å². The molecule has 2 amide bonds. The van der Waals surface area contributed by atoms with Gasteiger partial charge in [0, 0.05) is 48.9 Å². The molecule has 9 nitrogen and oxygen atoms in total. The molecule has 46 heavy (non-hydrogen) atoms. The Hall–Kier alpha value is -4.35. The van der Waals surface area contributed by atoms with Crippen molar-refractivity contribution in [1.29, 1.82) is 0 Å². The average Bonchev–Trinajstić information content (AvgIpc) is 3.03. The Kier molecular flexibility index (Phi) is 14.1. The van der Waals surface area contributed by atoms with E-state index in [1.165, 1.54) is 13.2 Å². The second-order valence-corrected chi connectivity index (χ2v) is 11.1. The molecular weight excluding hydrogens is 594 g/mol. The summed E-state index contributed by atoms with van der Waals surface area (Å²) in [7, 11) is 2.98. The summed E-state index contributed by atoms with van der Waals surface area (Å²) >= 11 is 0. The van der Waals surface area contributed by atoms with Crippen LogP contribution in [0.2, 0.25) is 0 Å².